The molecule has 0 unspecified atom stereocenters. The lowest BCUT2D eigenvalue weighted by atomic mass is 10.3. The van der Waals surface area contributed by atoms with Gasteiger partial charge in [0.25, 0.3) is 5.91 Å². The molecule has 0 atom stereocenters. The van der Waals surface area contributed by atoms with Gasteiger partial charge in [0, 0.05) is 14.1 Å². The summed E-state index contributed by atoms with van der Waals surface area (Å²) in [6.45, 7) is 2.21. The molecule has 24 heavy (non-hydrogen) atoms. The number of carbonyl (C=O) groups is 2. The maximum atomic E-state index is 12.3. The molecule has 0 saturated carbocycles. The van der Waals surface area contributed by atoms with E-state index in [4.69, 9.17) is 4.74 Å². The highest BCUT2D eigenvalue weighted by atomic mass is 32.1. The normalized spacial score (nSPS) is 10.1. The van der Waals surface area contributed by atoms with Crippen LogP contribution in [0.3, 0.4) is 0 Å². The third-order valence-corrected chi connectivity index (χ3v) is 3.70. The number of nitrogens with one attached hydrogen (secondary N) is 2. The summed E-state index contributed by atoms with van der Waals surface area (Å²) in [7, 11) is 3.79. The smallest absolute Gasteiger partial charge is 0.412 e. The van der Waals surface area contributed by atoms with Crippen molar-refractivity contribution in [3.63, 3.8) is 0 Å². The summed E-state index contributed by atoms with van der Waals surface area (Å²) in [5, 5.41) is 5.60. The Morgan fingerprint density at radius 2 is 2.12 bits per heavy atom. The maximum Gasteiger partial charge on any atom is 0.412 e. The number of rotatable bonds is 6. The van der Waals surface area contributed by atoms with Crippen LogP contribution >= 0.6 is 11.3 Å². The van der Waals surface area contributed by atoms with Crippen LogP contribution < -0.4 is 15.5 Å². The minimum atomic E-state index is -0.615. The number of hydrogen-bond donors (Lipinski definition) is 2. The van der Waals surface area contributed by atoms with Crippen molar-refractivity contribution in [2.45, 2.75) is 13.5 Å². The molecule has 2 aromatic rings. The van der Waals surface area contributed by atoms with Gasteiger partial charge in [0.05, 0.1) is 24.4 Å². The van der Waals surface area contributed by atoms with E-state index in [1.807, 2.05) is 37.2 Å². The predicted octanol–water partition coefficient (Wildman–Crippen LogP) is 2.10. The molecule has 2 aromatic heterocycles. The van der Waals surface area contributed by atoms with Gasteiger partial charge in [0.1, 0.15) is 10.8 Å². The molecule has 2 heterocycles. The van der Waals surface area contributed by atoms with Gasteiger partial charge >= 0.3 is 6.09 Å². The van der Waals surface area contributed by atoms with E-state index in [-0.39, 0.29) is 24.8 Å². The van der Waals surface area contributed by atoms with Crippen molar-refractivity contribution in [2.75, 3.05) is 30.9 Å². The van der Waals surface area contributed by atoms with Crippen molar-refractivity contribution >= 4 is 34.2 Å². The van der Waals surface area contributed by atoms with Crippen molar-refractivity contribution in [1.29, 1.82) is 0 Å². The molecular formula is C15H19N5O3S. The Balaban J connectivity index is 1.99. The van der Waals surface area contributed by atoms with Gasteiger partial charge in [0.2, 0.25) is 0 Å². The summed E-state index contributed by atoms with van der Waals surface area (Å²) < 4.78 is 4.80. The number of nitrogens with zero attached hydrogens (tertiary/aromatic N) is 3. The number of thiazole rings is 1. The quantitative estimate of drug-likeness (QED) is 0.829. The molecule has 8 nitrogen and oxygen atoms in total. The third-order valence-electron chi connectivity index (χ3n) is 2.95. The van der Waals surface area contributed by atoms with Crippen molar-refractivity contribution in [3.8, 4) is 0 Å². The lowest BCUT2D eigenvalue weighted by molar-refractivity contribution is 0.0947. The Bertz CT molecular complexity index is 717. The molecule has 0 aliphatic rings. The number of carbonyl (C=O) groups excluding carboxylic acids is 2. The summed E-state index contributed by atoms with van der Waals surface area (Å²) in [6.07, 6.45) is -0.615. The Hall–Kier alpha value is -2.68. The zero-order chi connectivity index (χ0) is 17.5. The molecule has 0 aliphatic carbocycles. The number of amides is 2. The molecule has 0 aliphatic heterocycles. The fourth-order valence-corrected chi connectivity index (χ4v) is 2.49. The molecule has 0 saturated heterocycles. The topological polar surface area (TPSA) is 96.4 Å². The van der Waals surface area contributed by atoms with Crippen LogP contribution in [0.5, 0.6) is 0 Å². The molecule has 0 fully saturated rings. The molecule has 128 valence electrons. The van der Waals surface area contributed by atoms with Crippen LogP contribution in [0.15, 0.2) is 23.7 Å². The van der Waals surface area contributed by atoms with Gasteiger partial charge in [-0.05, 0) is 19.1 Å². The Labute approximate surface area is 143 Å². The standard InChI is InChI=1S/C15H19N5O3S/c1-4-23-15(22)19-14-12(17-9-24-14)13(21)16-8-10-6-5-7-11(18-10)20(2)3/h5-7,9H,4,8H2,1-3H3,(H,16,21)(H,19,22). The highest BCUT2D eigenvalue weighted by Crippen LogP contribution is 2.20. The molecular weight excluding hydrogens is 330 g/mol. The van der Waals surface area contributed by atoms with Gasteiger partial charge in [-0.2, -0.15) is 0 Å². The maximum absolute atomic E-state index is 12.3. The summed E-state index contributed by atoms with van der Waals surface area (Å²) >= 11 is 1.15. The van der Waals surface area contributed by atoms with Crippen molar-refractivity contribution in [3.05, 3.63) is 35.1 Å². The molecule has 0 spiro atoms. The zero-order valence-electron chi connectivity index (χ0n) is 13.7. The number of anilines is 2. The number of aromatic nitrogens is 2. The molecule has 2 rings (SSSR count). The van der Waals surface area contributed by atoms with E-state index in [0.717, 1.165) is 22.8 Å². The van der Waals surface area contributed by atoms with E-state index in [9.17, 15) is 9.59 Å². The summed E-state index contributed by atoms with van der Waals surface area (Å²) in [6, 6.07) is 5.58. The fraction of sp³-hybridized carbons (Fsp3) is 0.333. The first-order valence-corrected chi connectivity index (χ1v) is 8.18. The predicted molar refractivity (Wildman–Crippen MR) is 92.5 cm³/mol. The highest BCUT2D eigenvalue weighted by Gasteiger charge is 2.17. The largest absolute Gasteiger partial charge is 0.450 e. The van der Waals surface area contributed by atoms with Crippen LogP contribution in [0.2, 0.25) is 0 Å². The second-order valence-corrected chi connectivity index (χ2v) is 5.79. The molecule has 2 N–H and O–H groups in total. The van der Waals surface area contributed by atoms with Crippen molar-refractivity contribution in [1.82, 2.24) is 15.3 Å². The van der Waals surface area contributed by atoms with Crippen LogP contribution in [-0.2, 0) is 11.3 Å². The number of hydrogen-bond acceptors (Lipinski definition) is 7. The van der Waals surface area contributed by atoms with Crippen LogP contribution in [0.25, 0.3) is 0 Å². The average Bonchev–Trinajstić information content (AvgIpc) is 3.01. The highest BCUT2D eigenvalue weighted by molar-refractivity contribution is 7.14. The summed E-state index contributed by atoms with van der Waals surface area (Å²) in [5.41, 5.74) is 2.36. The molecule has 0 bridgehead atoms. The second-order valence-electron chi connectivity index (χ2n) is 4.94. The Morgan fingerprint density at radius 1 is 1.33 bits per heavy atom. The van der Waals surface area contributed by atoms with Gasteiger partial charge < -0.3 is 15.0 Å². The minimum Gasteiger partial charge on any atom is -0.450 e. The second kappa shape index (κ2) is 8.25. The van der Waals surface area contributed by atoms with Crippen LogP contribution in [0, 0.1) is 0 Å². The molecule has 9 heteroatoms. The van der Waals surface area contributed by atoms with Gasteiger partial charge in [-0.1, -0.05) is 6.07 Å². The van der Waals surface area contributed by atoms with E-state index >= 15 is 0 Å². The van der Waals surface area contributed by atoms with Gasteiger partial charge in [-0.15, -0.1) is 11.3 Å². The van der Waals surface area contributed by atoms with Gasteiger partial charge in [-0.3, -0.25) is 10.1 Å². The van der Waals surface area contributed by atoms with Gasteiger partial charge in [0.15, 0.2) is 5.69 Å². The molecule has 0 aromatic carbocycles. The van der Waals surface area contributed by atoms with Crippen LogP contribution in [-0.4, -0.2) is 42.7 Å². The zero-order valence-corrected chi connectivity index (χ0v) is 14.5. The lowest BCUT2D eigenvalue weighted by Gasteiger charge is -2.12. The van der Waals surface area contributed by atoms with E-state index in [1.165, 1.54) is 5.51 Å². The number of pyridine rings is 1. The first-order valence-electron chi connectivity index (χ1n) is 7.30. The van der Waals surface area contributed by atoms with Gasteiger partial charge in [-0.25, -0.2) is 14.8 Å². The third kappa shape index (κ3) is 4.66. The van der Waals surface area contributed by atoms with E-state index in [0.29, 0.717) is 5.00 Å². The first-order chi connectivity index (χ1) is 11.5. The van der Waals surface area contributed by atoms with Crippen LogP contribution in [0.4, 0.5) is 15.6 Å². The van der Waals surface area contributed by atoms with Crippen molar-refractivity contribution in [2.24, 2.45) is 0 Å². The molecule has 0 radical (unpaired) electrons. The summed E-state index contributed by atoms with van der Waals surface area (Å²) in [5.74, 6) is 0.417. The minimum absolute atomic E-state index is 0.150. The Kier molecular flexibility index (Phi) is 6.07. The van der Waals surface area contributed by atoms with E-state index in [1.54, 1.807) is 6.92 Å². The molecule has 2 amide bonds. The number of ether oxygens (including phenoxy) is 1. The lowest BCUT2D eigenvalue weighted by Crippen LogP contribution is -2.25. The SMILES string of the molecule is CCOC(=O)Nc1scnc1C(=O)NCc1cccc(N(C)C)n1. The van der Waals surface area contributed by atoms with E-state index in [2.05, 4.69) is 20.6 Å². The van der Waals surface area contributed by atoms with Crippen LogP contribution in [0.1, 0.15) is 23.1 Å². The average molecular weight is 349 g/mol. The van der Waals surface area contributed by atoms with Crippen molar-refractivity contribution < 1.29 is 14.3 Å². The summed E-state index contributed by atoms with van der Waals surface area (Å²) in [4.78, 5) is 34.0. The Morgan fingerprint density at radius 3 is 2.83 bits per heavy atom. The fourth-order valence-electron chi connectivity index (χ4n) is 1.83. The van der Waals surface area contributed by atoms with E-state index < -0.39 is 6.09 Å². The monoisotopic (exact) mass is 349 g/mol. The first kappa shape index (κ1) is 17.7.